The van der Waals surface area contributed by atoms with Crippen molar-refractivity contribution in [2.45, 2.75) is 32.2 Å². The summed E-state index contributed by atoms with van der Waals surface area (Å²) < 4.78 is 2.42. The lowest BCUT2D eigenvalue weighted by Gasteiger charge is -2.05. The van der Waals surface area contributed by atoms with E-state index >= 15 is 0 Å². The fourth-order valence-electron chi connectivity index (χ4n) is 2.61. The molecule has 2 aromatic rings. The molecule has 1 N–H and O–H groups in total. The highest BCUT2D eigenvalue weighted by atomic mass is 15.0. The molecule has 0 atom stereocenters. The van der Waals surface area contributed by atoms with Crippen molar-refractivity contribution in [2.24, 2.45) is 5.92 Å². The molecule has 0 amide bonds. The summed E-state index contributed by atoms with van der Waals surface area (Å²) in [5, 5.41) is 4.60. The summed E-state index contributed by atoms with van der Waals surface area (Å²) in [5.74, 6) is 0.941. The van der Waals surface area contributed by atoms with Gasteiger partial charge >= 0.3 is 0 Å². The molecule has 0 radical (unpaired) electrons. The minimum atomic E-state index is 0.941. The van der Waals surface area contributed by atoms with Crippen LogP contribution in [0.5, 0.6) is 0 Å². The molecule has 3 rings (SSSR count). The lowest BCUT2D eigenvalue weighted by Crippen LogP contribution is -2.08. The van der Waals surface area contributed by atoms with Gasteiger partial charge in [-0.3, -0.25) is 0 Å². The van der Waals surface area contributed by atoms with E-state index in [1.54, 1.807) is 0 Å². The number of hydrogen-bond donors (Lipinski definition) is 1. The number of rotatable bonds is 6. The lowest BCUT2D eigenvalue weighted by atomic mass is 10.1. The molecule has 18 heavy (non-hydrogen) atoms. The third-order valence-corrected chi connectivity index (χ3v) is 3.88. The van der Waals surface area contributed by atoms with E-state index in [2.05, 4.69) is 40.3 Å². The average molecular weight is 242 g/mol. The smallest absolute Gasteiger partial charge is 0.0480 e. The van der Waals surface area contributed by atoms with Crippen LogP contribution in [0.1, 0.15) is 24.8 Å². The number of fused-ring (bicyclic) bond motifs is 1. The zero-order valence-electron chi connectivity index (χ0n) is 11.2. The van der Waals surface area contributed by atoms with E-state index < -0.39 is 0 Å². The van der Waals surface area contributed by atoms with Gasteiger partial charge in [-0.15, -0.1) is 0 Å². The molecule has 0 bridgehead atoms. The van der Waals surface area contributed by atoms with Gasteiger partial charge in [0.2, 0.25) is 0 Å². The van der Waals surface area contributed by atoms with Crippen LogP contribution in [0, 0.1) is 5.92 Å². The van der Waals surface area contributed by atoms with E-state index in [-0.39, 0.29) is 0 Å². The van der Waals surface area contributed by atoms with E-state index in [0.29, 0.717) is 0 Å². The van der Waals surface area contributed by atoms with E-state index in [9.17, 15) is 0 Å². The highest BCUT2D eigenvalue weighted by Gasteiger charge is 2.21. The van der Waals surface area contributed by atoms with Crippen molar-refractivity contribution in [1.29, 1.82) is 0 Å². The van der Waals surface area contributed by atoms with Crippen LogP contribution in [0.15, 0.2) is 30.5 Å². The molecular formula is C16H22N2. The van der Waals surface area contributed by atoms with Gasteiger partial charge in [0.05, 0.1) is 0 Å². The molecule has 1 heterocycles. The highest BCUT2D eigenvalue weighted by molar-refractivity contribution is 5.80. The van der Waals surface area contributed by atoms with Gasteiger partial charge in [0.25, 0.3) is 0 Å². The molecule has 2 heteroatoms. The first-order chi connectivity index (χ1) is 8.86. The van der Waals surface area contributed by atoms with Crippen molar-refractivity contribution in [3.05, 3.63) is 36.0 Å². The summed E-state index contributed by atoms with van der Waals surface area (Å²) in [5.41, 5.74) is 2.86. The van der Waals surface area contributed by atoms with Crippen LogP contribution in [0.4, 0.5) is 0 Å². The second-order valence-electron chi connectivity index (χ2n) is 5.51. The predicted octanol–water partition coefficient (Wildman–Crippen LogP) is 3.20. The molecule has 0 spiro atoms. The number of benzene rings is 1. The van der Waals surface area contributed by atoms with Gasteiger partial charge in [-0.25, -0.2) is 0 Å². The third-order valence-electron chi connectivity index (χ3n) is 3.88. The zero-order chi connectivity index (χ0) is 12.4. The maximum atomic E-state index is 3.20. The van der Waals surface area contributed by atoms with E-state index in [4.69, 9.17) is 0 Å². The number of hydrogen-bond acceptors (Lipinski definition) is 1. The number of aromatic nitrogens is 1. The first kappa shape index (κ1) is 11.8. The normalized spacial score (nSPS) is 15.4. The number of aryl methyl sites for hydroxylation is 1. The van der Waals surface area contributed by atoms with Crippen LogP contribution >= 0.6 is 0 Å². The standard InChI is InChI=1S/C16H22N2/c1-17-9-2-3-13-6-7-16-15(11-13)8-10-18(16)12-14-4-5-14/h6-8,10-11,14,17H,2-5,9,12H2,1H3. The summed E-state index contributed by atoms with van der Waals surface area (Å²) in [7, 11) is 2.02. The minimum Gasteiger partial charge on any atom is -0.347 e. The number of nitrogens with zero attached hydrogens (tertiary/aromatic N) is 1. The summed E-state index contributed by atoms with van der Waals surface area (Å²) in [6, 6.07) is 9.21. The Hall–Kier alpha value is -1.28. The van der Waals surface area contributed by atoms with Crippen molar-refractivity contribution in [3.8, 4) is 0 Å². The first-order valence-electron chi connectivity index (χ1n) is 7.09. The van der Waals surface area contributed by atoms with Gasteiger partial charge in [0, 0.05) is 18.3 Å². The monoisotopic (exact) mass is 242 g/mol. The minimum absolute atomic E-state index is 0.941. The molecule has 1 aromatic carbocycles. The molecule has 1 aliphatic carbocycles. The Morgan fingerprint density at radius 3 is 2.94 bits per heavy atom. The molecule has 1 aromatic heterocycles. The van der Waals surface area contributed by atoms with E-state index in [1.165, 1.54) is 48.7 Å². The quantitative estimate of drug-likeness (QED) is 0.770. The first-order valence-corrected chi connectivity index (χ1v) is 7.09. The van der Waals surface area contributed by atoms with Crippen LogP contribution < -0.4 is 5.32 Å². The van der Waals surface area contributed by atoms with Crippen LogP contribution in [0.2, 0.25) is 0 Å². The van der Waals surface area contributed by atoms with Crippen molar-refractivity contribution in [3.63, 3.8) is 0 Å². The molecule has 0 aliphatic heterocycles. The average Bonchev–Trinajstić information content (AvgIpc) is 3.11. The van der Waals surface area contributed by atoms with Crippen LogP contribution in [0.25, 0.3) is 10.9 Å². The van der Waals surface area contributed by atoms with Crippen molar-refractivity contribution in [2.75, 3.05) is 13.6 Å². The summed E-state index contributed by atoms with van der Waals surface area (Å²) in [6.07, 6.45) is 7.47. The van der Waals surface area contributed by atoms with Gasteiger partial charge in [-0.1, -0.05) is 6.07 Å². The van der Waals surface area contributed by atoms with E-state index in [0.717, 1.165) is 12.5 Å². The number of nitrogens with one attached hydrogen (secondary N) is 1. The Balaban J connectivity index is 1.75. The lowest BCUT2D eigenvalue weighted by molar-refractivity contribution is 0.647. The van der Waals surface area contributed by atoms with Gasteiger partial charge in [0.15, 0.2) is 0 Å². The summed E-state index contributed by atoms with van der Waals surface area (Å²) >= 11 is 0. The largest absolute Gasteiger partial charge is 0.347 e. The van der Waals surface area contributed by atoms with Crippen molar-refractivity contribution in [1.82, 2.24) is 9.88 Å². The van der Waals surface area contributed by atoms with Gasteiger partial charge in [-0.05, 0) is 74.3 Å². The molecule has 0 unspecified atom stereocenters. The zero-order valence-corrected chi connectivity index (χ0v) is 11.2. The molecule has 1 fully saturated rings. The van der Waals surface area contributed by atoms with Crippen molar-refractivity contribution < 1.29 is 0 Å². The van der Waals surface area contributed by atoms with Crippen LogP contribution in [-0.4, -0.2) is 18.2 Å². The fourth-order valence-corrected chi connectivity index (χ4v) is 2.61. The summed E-state index contributed by atoms with van der Waals surface area (Å²) in [4.78, 5) is 0. The third kappa shape index (κ3) is 2.59. The van der Waals surface area contributed by atoms with Crippen molar-refractivity contribution >= 4 is 10.9 Å². The maximum absolute atomic E-state index is 3.20. The molecular weight excluding hydrogens is 220 g/mol. The second-order valence-corrected chi connectivity index (χ2v) is 5.51. The molecule has 96 valence electrons. The predicted molar refractivity (Wildman–Crippen MR) is 76.9 cm³/mol. The van der Waals surface area contributed by atoms with Crippen LogP contribution in [0.3, 0.4) is 0 Å². The SMILES string of the molecule is CNCCCc1ccc2c(ccn2CC2CC2)c1. The van der Waals surface area contributed by atoms with Gasteiger partial charge in [-0.2, -0.15) is 0 Å². The Morgan fingerprint density at radius 2 is 2.17 bits per heavy atom. The molecule has 1 saturated carbocycles. The Bertz CT molecular complexity index is 523. The van der Waals surface area contributed by atoms with Gasteiger partial charge < -0.3 is 9.88 Å². The molecule has 0 saturated heterocycles. The maximum Gasteiger partial charge on any atom is 0.0480 e. The van der Waals surface area contributed by atoms with Gasteiger partial charge in [0.1, 0.15) is 0 Å². The highest BCUT2D eigenvalue weighted by Crippen LogP contribution is 2.32. The van der Waals surface area contributed by atoms with E-state index in [1.807, 2.05) is 7.05 Å². The fraction of sp³-hybridized carbons (Fsp3) is 0.500. The van der Waals surface area contributed by atoms with Crippen LogP contribution in [-0.2, 0) is 13.0 Å². The Kier molecular flexibility index (Phi) is 3.37. The second kappa shape index (κ2) is 5.15. The Morgan fingerprint density at radius 1 is 1.28 bits per heavy atom. The Labute approximate surface area is 109 Å². The molecule has 2 nitrogen and oxygen atoms in total. The topological polar surface area (TPSA) is 17.0 Å². The molecule has 1 aliphatic rings. The summed E-state index contributed by atoms with van der Waals surface area (Å²) in [6.45, 7) is 2.31.